The summed E-state index contributed by atoms with van der Waals surface area (Å²) in [6, 6.07) is 23.9. The standard InChI is InChI=1S/C32H24N4O2/c33-15-21-1-3-27(12-25(21)17-35)37-29-5-6-31(38-28-4-2-22(16-34)26(13-28)18-36)30(14-29)32-23-8-19-7-20(10-23)11-24(32)9-19/h1-6,12-14,19-20,23-24,32H,7-11H2. The minimum atomic E-state index is 0.278. The summed E-state index contributed by atoms with van der Waals surface area (Å²) >= 11 is 0. The molecule has 0 saturated heterocycles. The van der Waals surface area contributed by atoms with Gasteiger partial charge < -0.3 is 9.47 Å². The van der Waals surface area contributed by atoms with Gasteiger partial charge in [0.1, 0.15) is 47.3 Å². The van der Waals surface area contributed by atoms with Crippen molar-refractivity contribution in [1.82, 2.24) is 0 Å². The number of rotatable bonds is 5. The molecule has 4 aliphatic carbocycles. The van der Waals surface area contributed by atoms with Gasteiger partial charge in [-0.3, -0.25) is 0 Å². The fourth-order valence-corrected chi connectivity index (χ4v) is 7.19. The lowest BCUT2D eigenvalue weighted by Crippen LogP contribution is -2.43. The fourth-order valence-electron chi connectivity index (χ4n) is 7.19. The topological polar surface area (TPSA) is 114 Å². The summed E-state index contributed by atoms with van der Waals surface area (Å²) in [5.74, 6) is 5.65. The van der Waals surface area contributed by atoms with Gasteiger partial charge in [0.25, 0.3) is 0 Å². The lowest BCUT2D eigenvalue weighted by Gasteiger charge is -2.54. The Labute approximate surface area is 221 Å². The predicted molar refractivity (Wildman–Crippen MR) is 138 cm³/mol. The van der Waals surface area contributed by atoms with E-state index in [4.69, 9.17) is 9.47 Å². The van der Waals surface area contributed by atoms with Gasteiger partial charge in [0.2, 0.25) is 0 Å². The fraction of sp³-hybridized carbons (Fsp3) is 0.312. The Morgan fingerprint density at radius 3 is 1.53 bits per heavy atom. The zero-order valence-electron chi connectivity index (χ0n) is 20.7. The molecule has 0 unspecified atom stereocenters. The highest BCUT2D eigenvalue weighted by Crippen LogP contribution is 2.61. The van der Waals surface area contributed by atoms with Crippen LogP contribution < -0.4 is 9.47 Å². The Morgan fingerprint density at radius 2 is 1.00 bits per heavy atom. The van der Waals surface area contributed by atoms with Crippen molar-refractivity contribution in [3.05, 3.63) is 82.4 Å². The molecule has 6 nitrogen and oxygen atoms in total. The van der Waals surface area contributed by atoms with Crippen LogP contribution in [0.3, 0.4) is 0 Å². The second-order valence-electron chi connectivity index (χ2n) is 10.7. The van der Waals surface area contributed by atoms with Crippen LogP contribution in [-0.2, 0) is 0 Å². The minimum Gasteiger partial charge on any atom is -0.457 e. The predicted octanol–water partition coefficient (Wildman–Crippen LogP) is 7.30. The number of benzene rings is 3. The molecule has 0 heterocycles. The highest BCUT2D eigenvalue weighted by Gasteiger charge is 2.49. The van der Waals surface area contributed by atoms with E-state index in [-0.39, 0.29) is 11.1 Å². The van der Waals surface area contributed by atoms with E-state index in [1.807, 2.05) is 24.3 Å². The van der Waals surface area contributed by atoms with Crippen molar-refractivity contribution in [2.45, 2.75) is 38.0 Å². The quantitative estimate of drug-likeness (QED) is 0.366. The van der Waals surface area contributed by atoms with Crippen molar-refractivity contribution < 1.29 is 9.47 Å². The number of nitrogens with zero attached hydrogens (tertiary/aromatic N) is 4. The van der Waals surface area contributed by atoms with E-state index in [2.05, 4.69) is 18.2 Å². The largest absolute Gasteiger partial charge is 0.457 e. The van der Waals surface area contributed by atoms with Crippen LogP contribution in [0.1, 0.15) is 65.8 Å². The third-order valence-electron chi connectivity index (χ3n) is 8.49. The molecule has 4 saturated carbocycles. The highest BCUT2D eigenvalue weighted by molar-refractivity contribution is 5.53. The summed E-state index contributed by atoms with van der Waals surface area (Å²) in [6.07, 6.45) is 6.36. The van der Waals surface area contributed by atoms with Crippen molar-refractivity contribution >= 4 is 0 Å². The summed E-state index contributed by atoms with van der Waals surface area (Å²) in [6.45, 7) is 0. The SMILES string of the molecule is N#Cc1ccc(Oc2ccc(Oc3ccc(C#N)c(C#N)c3)c(C3C4CC5CC(C4)CC3C5)c2)cc1C#N. The Balaban J connectivity index is 1.38. The van der Waals surface area contributed by atoms with Crippen LogP contribution in [0.2, 0.25) is 0 Å². The Kier molecular flexibility index (Phi) is 5.96. The van der Waals surface area contributed by atoms with Crippen molar-refractivity contribution in [1.29, 1.82) is 21.0 Å². The van der Waals surface area contributed by atoms with E-state index in [0.29, 0.717) is 46.1 Å². The van der Waals surface area contributed by atoms with Crippen molar-refractivity contribution in [3.63, 3.8) is 0 Å². The minimum absolute atomic E-state index is 0.278. The molecule has 4 fully saturated rings. The smallest absolute Gasteiger partial charge is 0.131 e. The molecule has 38 heavy (non-hydrogen) atoms. The van der Waals surface area contributed by atoms with Crippen LogP contribution in [0, 0.1) is 69.0 Å². The van der Waals surface area contributed by atoms with Crippen molar-refractivity contribution in [2.75, 3.05) is 0 Å². The first-order valence-corrected chi connectivity index (χ1v) is 13.0. The molecule has 3 aromatic carbocycles. The van der Waals surface area contributed by atoms with Crippen LogP contribution in [0.4, 0.5) is 0 Å². The summed E-state index contributed by atoms with van der Waals surface area (Å²) in [7, 11) is 0. The van der Waals surface area contributed by atoms with Gasteiger partial charge in [-0.1, -0.05) is 0 Å². The summed E-state index contributed by atoms with van der Waals surface area (Å²) in [5.41, 5.74) is 2.31. The van der Waals surface area contributed by atoms with E-state index in [9.17, 15) is 21.0 Å². The average molecular weight is 497 g/mol. The molecule has 0 aliphatic heterocycles. The molecule has 184 valence electrons. The molecule has 3 aromatic rings. The van der Waals surface area contributed by atoms with Crippen LogP contribution in [-0.4, -0.2) is 0 Å². The molecule has 0 amide bonds. The molecule has 0 radical (unpaired) electrons. The van der Waals surface area contributed by atoms with Crippen molar-refractivity contribution in [3.8, 4) is 47.3 Å². The van der Waals surface area contributed by atoms with Gasteiger partial charge in [0.05, 0.1) is 22.3 Å². The Bertz CT molecular complexity index is 1570. The molecule has 4 bridgehead atoms. The molecular weight excluding hydrogens is 472 g/mol. The highest BCUT2D eigenvalue weighted by atomic mass is 16.5. The summed E-state index contributed by atoms with van der Waals surface area (Å²) < 4.78 is 12.6. The van der Waals surface area contributed by atoms with Crippen LogP contribution in [0.15, 0.2) is 54.6 Å². The molecular formula is C32H24N4O2. The number of hydrogen-bond acceptors (Lipinski definition) is 6. The van der Waals surface area contributed by atoms with Gasteiger partial charge in [-0.25, -0.2) is 0 Å². The number of ether oxygens (including phenoxy) is 2. The van der Waals surface area contributed by atoms with E-state index in [1.165, 1.54) is 32.1 Å². The van der Waals surface area contributed by atoms with Gasteiger partial charge in [0.15, 0.2) is 0 Å². The third kappa shape index (κ3) is 4.22. The van der Waals surface area contributed by atoms with Gasteiger partial charge >= 0.3 is 0 Å². The monoisotopic (exact) mass is 496 g/mol. The zero-order valence-corrected chi connectivity index (χ0v) is 20.7. The van der Waals surface area contributed by atoms with E-state index < -0.39 is 0 Å². The number of hydrogen-bond donors (Lipinski definition) is 0. The van der Waals surface area contributed by atoms with Crippen LogP contribution in [0.5, 0.6) is 23.0 Å². The molecule has 0 atom stereocenters. The van der Waals surface area contributed by atoms with E-state index >= 15 is 0 Å². The Hall–Kier alpha value is -4.78. The molecule has 7 rings (SSSR count). The first-order valence-electron chi connectivity index (χ1n) is 13.0. The molecule has 6 heteroatoms. The van der Waals surface area contributed by atoms with Crippen molar-refractivity contribution in [2.24, 2.45) is 23.7 Å². The zero-order chi connectivity index (χ0) is 26.2. The molecule has 4 aliphatic rings. The number of nitriles is 4. The Morgan fingerprint density at radius 1 is 0.526 bits per heavy atom. The molecule has 0 aromatic heterocycles. The lowest BCUT2D eigenvalue weighted by atomic mass is 9.50. The maximum absolute atomic E-state index is 9.47. The normalized spacial score (nSPS) is 24.5. The van der Waals surface area contributed by atoms with Crippen LogP contribution >= 0.6 is 0 Å². The second kappa shape index (κ2) is 9.59. The van der Waals surface area contributed by atoms with E-state index in [1.54, 1.807) is 36.4 Å². The first-order chi connectivity index (χ1) is 18.6. The lowest BCUT2D eigenvalue weighted by molar-refractivity contribution is -0.00339. The molecule has 0 spiro atoms. The average Bonchev–Trinajstić information content (AvgIpc) is 2.93. The maximum atomic E-state index is 9.47. The summed E-state index contributed by atoms with van der Waals surface area (Å²) in [5, 5.41) is 37.4. The summed E-state index contributed by atoms with van der Waals surface area (Å²) in [4.78, 5) is 0. The van der Waals surface area contributed by atoms with Gasteiger partial charge in [0, 0.05) is 5.56 Å². The van der Waals surface area contributed by atoms with Gasteiger partial charge in [-0.05, 0) is 116 Å². The maximum Gasteiger partial charge on any atom is 0.131 e. The van der Waals surface area contributed by atoms with Gasteiger partial charge in [-0.2, -0.15) is 21.0 Å². The van der Waals surface area contributed by atoms with Crippen LogP contribution in [0.25, 0.3) is 0 Å². The first kappa shape index (κ1) is 23.6. The third-order valence-corrected chi connectivity index (χ3v) is 8.49. The van der Waals surface area contributed by atoms with Gasteiger partial charge in [-0.15, -0.1) is 0 Å². The molecule has 0 N–H and O–H groups in total. The van der Waals surface area contributed by atoms with E-state index in [0.717, 1.165) is 23.1 Å². The second-order valence-corrected chi connectivity index (χ2v) is 10.7.